The fraction of sp³-hybridized carbons (Fsp3) is 0.833. The molecular formula is C18H33NO6. The van der Waals surface area contributed by atoms with E-state index < -0.39 is 29.5 Å². The molecule has 7 nitrogen and oxygen atoms in total. The van der Waals surface area contributed by atoms with E-state index in [1.54, 1.807) is 6.92 Å². The van der Waals surface area contributed by atoms with Crippen LogP contribution in [0.15, 0.2) is 0 Å². The number of unbranched alkanes of at least 4 members (excludes halogenated alkanes) is 6. The van der Waals surface area contributed by atoms with Gasteiger partial charge >= 0.3 is 11.9 Å². The Labute approximate surface area is 149 Å². The van der Waals surface area contributed by atoms with Crippen molar-refractivity contribution in [3.8, 4) is 0 Å². The first-order chi connectivity index (χ1) is 11.7. The third-order valence-electron chi connectivity index (χ3n) is 4.14. The fourth-order valence-electron chi connectivity index (χ4n) is 2.67. The number of hydrogen-bond acceptors (Lipinski definition) is 4. The molecule has 0 radical (unpaired) electrons. The van der Waals surface area contributed by atoms with Gasteiger partial charge in [-0.15, -0.1) is 0 Å². The average Bonchev–Trinajstić information content (AvgIpc) is 2.49. The van der Waals surface area contributed by atoms with E-state index in [2.05, 4.69) is 12.2 Å². The molecule has 0 aliphatic heterocycles. The summed E-state index contributed by atoms with van der Waals surface area (Å²) in [4.78, 5) is 33.5. The molecule has 4 N–H and O–H groups in total. The molecule has 146 valence electrons. The highest BCUT2D eigenvalue weighted by atomic mass is 16.4. The van der Waals surface area contributed by atoms with Gasteiger partial charge in [0, 0.05) is 6.42 Å². The topological polar surface area (TPSA) is 124 Å². The van der Waals surface area contributed by atoms with Crippen LogP contribution in [0.3, 0.4) is 0 Å². The van der Waals surface area contributed by atoms with Crippen LogP contribution in [0.1, 0.15) is 84.5 Å². The number of carbonyl (C=O) groups is 3. The van der Waals surface area contributed by atoms with Crippen LogP contribution in [-0.2, 0) is 14.4 Å². The lowest BCUT2D eigenvalue weighted by Gasteiger charge is -2.24. The number of rotatable bonds is 15. The molecule has 25 heavy (non-hydrogen) atoms. The third kappa shape index (κ3) is 13.3. The van der Waals surface area contributed by atoms with Crippen molar-refractivity contribution < 1.29 is 29.7 Å². The van der Waals surface area contributed by atoms with E-state index >= 15 is 0 Å². The minimum atomic E-state index is -1.28. The second-order valence-corrected chi connectivity index (χ2v) is 6.94. The summed E-state index contributed by atoms with van der Waals surface area (Å²) in [5.74, 6) is -2.97. The summed E-state index contributed by atoms with van der Waals surface area (Å²) in [5, 5.41) is 30.2. The van der Waals surface area contributed by atoms with Crippen LogP contribution in [0.4, 0.5) is 0 Å². The monoisotopic (exact) mass is 359 g/mol. The molecule has 7 heteroatoms. The smallest absolute Gasteiger partial charge is 0.326 e. The number of carboxylic acids is 2. The molecule has 0 aliphatic carbocycles. The van der Waals surface area contributed by atoms with Crippen LogP contribution in [0.2, 0.25) is 0 Å². The summed E-state index contributed by atoms with van der Waals surface area (Å²) >= 11 is 0. The summed E-state index contributed by atoms with van der Waals surface area (Å²) in [5.41, 5.74) is -1.19. The second-order valence-electron chi connectivity index (χ2n) is 6.94. The molecule has 1 amide bonds. The average molecular weight is 359 g/mol. The molecule has 0 heterocycles. The molecule has 0 saturated heterocycles. The molecule has 0 spiro atoms. The number of nitrogens with one attached hydrogen (secondary N) is 1. The summed E-state index contributed by atoms with van der Waals surface area (Å²) in [6.45, 7) is 3.73. The highest BCUT2D eigenvalue weighted by Crippen LogP contribution is 2.19. The van der Waals surface area contributed by atoms with E-state index in [1.165, 1.54) is 25.7 Å². The predicted octanol–water partition coefficient (Wildman–Crippen LogP) is 2.70. The summed E-state index contributed by atoms with van der Waals surface area (Å²) in [6.07, 6.45) is 7.52. The van der Waals surface area contributed by atoms with Crippen LogP contribution >= 0.6 is 0 Å². The van der Waals surface area contributed by atoms with Gasteiger partial charge in [-0.05, 0) is 19.8 Å². The summed E-state index contributed by atoms with van der Waals surface area (Å²) < 4.78 is 0. The van der Waals surface area contributed by atoms with E-state index in [9.17, 15) is 19.5 Å². The molecule has 0 aromatic heterocycles. The third-order valence-corrected chi connectivity index (χ3v) is 4.14. The molecule has 0 aromatic rings. The molecule has 0 rings (SSSR count). The molecule has 0 fully saturated rings. The van der Waals surface area contributed by atoms with Gasteiger partial charge in [0.2, 0.25) is 5.91 Å². The van der Waals surface area contributed by atoms with Gasteiger partial charge in [0.15, 0.2) is 0 Å². The van der Waals surface area contributed by atoms with Crippen molar-refractivity contribution in [3.05, 3.63) is 0 Å². The van der Waals surface area contributed by atoms with Crippen molar-refractivity contribution in [2.45, 2.75) is 96.1 Å². The van der Waals surface area contributed by atoms with E-state index in [0.29, 0.717) is 6.42 Å². The minimum absolute atomic E-state index is 0.184. The van der Waals surface area contributed by atoms with Gasteiger partial charge in [0.1, 0.15) is 6.04 Å². The number of carbonyl (C=O) groups excluding carboxylic acids is 1. The van der Waals surface area contributed by atoms with Gasteiger partial charge < -0.3 is 20.6 Å². The van der Waals surface area contributed by atoms with Gasteiger partial charge in [0.25, 0.3) is 0 Å². The van der Waals surface area contributed by atoms with Crippen molar-refractivity contribution in [3.63, 3.8) is 0 Å². The van der Waals surface area contributed by atoms with Crippen molar-refractivity contribution >= 4 is 17.8 Å². The van der Waals surface area contributed by atoms with Crippen LogP contribution in [0.5, 0.6) is 0 Å². The first-order valence-corrected chi connectivity index (χ1v) is 9.14. The lowest BCUT2D eigenvalue weighted by atomic mass is 9.93. The SMILES string of the molecule is CCCCCCCCCC(C)(O)CC(=O)N[C@@H](CCC(=O)O)C(=O)O. The van der Waals surface area contributed by atoms with Crippen LogP contribution < -0.4 is 5.32 Å². The predicted molar refractivity (Wildman–Crippen MR) is 94.3 cm³/mol. The van der Waals surface area contributed by atoms with Crippen molar-refractivity contribution in [1.82, 2.24) is 5.32 Å². The van der Waals surface area contributed by atoms with Crippen molar-refractivity contribution in [2.75, 3.05) is 0 Å². The molecule has 0 saturated carbocycles. The fourth-order valence-corrected chi connectivity index (χ4v) is 2.67. The number of amides is 1. The van der Waals surface area contributed by atoms with Gasteiger partial charge in [-0.2, -0.15) is 0 Å². The van der Waals surface area contributed by atoms with E-state index in [0.717, 1.165) is 19.3 Å². The lowest BCUT2D eigenvalue weighted by Crippen LogP contribution is -2.44. The Morgan fingerprint density at radius 3 is 2.08 bits per heavy atom. The van der Waals surface area contributed by atoms with E-state index in [1.807, 2.05) is 0 Å². The van der Waals surface area contributed by atoms with Gasteiger partial charge in [-0.3, -0.25) is 9.59 Å². The summed E-state index contributed by atoms with van der Waals surface area (Å²) in [6, 6.07) is -1.25. The normalized spacial score (nSPS) is 14.5. The van der Waals surface area contributed by atoms with Crippen molar-refractivity contribution in [1.29, 1.82) is 0 Å². The molecule has 2 atom stereocenters. The molecule has 0 bridgehead atoms. The standard InChI is InChI=1S/C18H33NO6/c1-3-4-5-6-7-8-9-12-18(2,25)13-15(20)19-14(17(23)24)10-11-16(21)22/h14,25H,3-13H2,1-2H3,(H,19,20)(H,21,22)(H,23,24)/t14-,18?/m0/s1. The molecule has 0 aliphatic rings. The zero-order valence-electron chi connectivity index (χ0n) is 15.4. The van der Waals surface area contributed by atoms with Gasteiger partial charge in [-0.25, -0.2) is 4.79 Å². The first-order valence-electron chi connectivity index (χ1n) is 9.14. The quantitative estimate of drug-likeness (QED) is 0.333. The Morgan fingerprint density at radius 2 is 1.56 bits per heavy atom. The molecular weight excluding hydrogens is 326 g/mol. The number of aliphatic carboxylic acids is 2. The second kappa shape index (κ2) is 12.7. The maximum absolute atomic E-state index is 11.9. The van der Waals surface area contributed by atoms with Gasteiger partial charge in [-0.1, -0.05) is 51.9 Å². The Morgan fingerprint density at radius 1 is 1.00 bits per heavy atom. The zero-order chi connectivity index (χ0) is 19.3. The first kappa shape index (κ1) is 23.4. The zero-order valence-corrected chi connectivity index (χ0v) is 15.4. The van der Waals surface area contributed by atoms with Gasteiger partial charge in [0.05, 0.1) is 12.0 Å². The van der Waals surface area contributed by atoms with Crippen LogP contribution in [0, 0.1) is 0 Å². The van der Waals surface area contributed by atoms with Crippen LogP contribution in [-0.4, -0.2) is 44.8 Å². The summed E-state index contributed by atoms with van der Waals surface area (Å²) in [7, 11) is 0. The maximum atomic E-state index is 11.9. The lowest BCUT2D eigenvalue weighted by molar-refractivity contribution is -0.143. The Kier molecular flexibility index (Phi) is 11.9. The van der Waals surface area contributed by atoms with Crippen LogP contribution in [0.25, 0.3) is 0 Å². The maximum Gasteiger partial charge on any atom is 0.326 e. The van der Waals surface area contributed by atoms with Crippen molar-refractivity contribution in [2.24, 2.45) is 0 Å². The Bertz CT molecular complexity index is 422. The number of aliphatic hydroxyl groups is 1. The highest BCUT2D eigenvalue weighted by Gasteiger charge is 2.27. The largest absolute Gasteiger partial charge is 0.481 e. The molecule has 0 aromatic carbocycles. The Balaban J connectivity index is 4.13. The van der Waals surface area contributed by atoms with E-state index in [4.69, 9.17) is 10.2 Å². The number of carboxylic acid groups (broad SMARTS) is 2. The van der Waals surface area contributed by atoms with E-state index in [-0.39, 0.29) is 19.3 Å². The number of hydrogen-bond donors (Lipinski definition) is 4. The minimum Gasteiger partial charge on any atom is -0.481 e. The molecule has 1 unspecified atom stereocenters. The highest BCUT2D eigenvalue weighted by molar-refractivity contribution is 5.84. The Hall–Kier alpha value is -1.63.